The normalized spacial score (nSPS) is 12.7. The summed E-state index contributed by atoms with van der Waals surface area (Å²) in [5.74, 6) is 1.64. The van der Waals surface area contributed by atoms with Crippen LogP contribution in [0.3, 0.4) is 0 Å². The number of carbonyl (C=O) groups is 2. The van der Waals surface area contributed by atoms with Crippen LogP contribution in [0.1, 0.15) is 64.5 Å². The molecular weight excluding hydrogens is 452 g/mol. The van der Waals surface area contributed by atoms with Crippen molar-refractivity contribution in [3.63, 3.8) is 0 Å². The fraction of sp³-hybridized carbons (Fsp3) is 0.333. The van der Waals surface area contributed by atoms with Gasteiger partial charge in [0.15, 0.2) is 12.2 Å². The third kappa shape index (κ3) is 7.60. The van der Waals surface area contributed by atoms with Gasteiger partial charge in [-0.2, -0.15) is 0 Å². The van der Waals surface area contributed by atoms with E-state index in [0.717, 1.165) is 0 Å². The second kappa shape index (κ2) is 12.2. The van der Waals surface area contributed by atoms with Gasteiger partial charge in [-0.25, -0.2) is 0 Å². The minimum atomic E-state index is -0.665. The minimum absolute atomic E-state index is 0.259. The summed E-state index contributed by atoms with van der Waals surface area (Å²) in [7, 11) is 0. The monoisotopic (exact) mass is 488 g/mol. The van der Waals surface area contributed by atoms with Crippen LogP contribution < -0.4 is 20.1 Å². The Kier molecular flexibility index (Phi) is 9.12. The maximum absolute atomic E-state index is 12.6. The molecule has 2 N–H and O–H groups in total. The summed E-state index contributed by atoms with van der Waals surface area (Å²) < 4.78 is 11.5. The van der Waals surface area contributed by atoms with Crippen LogP contribution in [-0.4, -0.2) is 24.0 Å². The Labute approximate surface area is 214 Å². The molecule has 0 aliphatic heterocycles. The van der Waals surface area contributed by atoms with Crippen molar-refractivity contribution in [2.45, 2.75) is 65.6 Å². The second-order valence-corrected chi connectivity index (χ2v) is 9.52. The van der Waals surface area contributed by atoms with Gasteiger partial charge in [-0.3, -0.25) is 9.59 Å². The van der Waals surface area contributed by atoms with E-state index < -0.39 is 12.2 Å². The highest BCUT2D eigenvalue weighted by atomic mass is 16.5. The van der Waals surface area contributed by atoms with Crippen molar-refractivity contribution in [2.24, 2.45) is 0 Å². The number of hydrogen-bond donors (Lipinski definition) is 2. The predicted octanol–water partition coefficient (Wildman–Crippen LogP) is 6.75. The number of ether oxygens (including phenoxy) is 2. The van der Waals surface area contributed by atoms with Crippen LogP contribution >= 0.6 is 0 Å². The Morgan fingerprint density at radius 3 is 1.11 bits per heavy atom. The average Bonchev–Trinajstić information content (AvgIpc) is 2.85. The SMILES string of the molecule is CC(C)c1ccc(O[C@@H](C)C(=O)Nc2ccc(NC(=O)[C@H](C)Oc3ccc(C(C)C)cc3)cc2)cc1. The van der Waals surface area contributed by atoms with Gasteiger partial charge in [0, 0.05) is 11.4 Å². The maximum Gasteiger partial charge on any atom is 0.265 e. The lowest BCUT2D eigenvalue weighted by molar-refractivity contribution is -0.122. The number of nitrogens with one attached hydrogen (secondary N) is 2. The first kappa shape index (κ1) is 26.8. The standard InChI is InChI=1S/C30H36N2O4/c1-19(2)23-7-15-27(16-8-23)35-21(5)29(33)31-25-11-13-26(14-12-25)32-30(34)22(6)36-28-17-9-24(10-18-28)20(3)4/h7-22H,1-6H3,(H,31,33)(H,32,34)/t21-,22-/m0/s1. The molecule has 0 spiro atoms. The summed E-state index contributed by atoms with van der Waals surface area (Å²) in [5, 5.41) is 5.68. The van der Waals surface area contributed by atoms with Gasteiger partial charge in [0.1, 0.15) is 11.5 Å². The van der Waals surface area contributed by atoms with Crippen molar-refractivity contribution in [3.05, 3.63) is 83.9 Å². The quantitative estimate of drug-likeness (QED) is 0.331. The highest BCUT2D eigenvalue weighted by Crippen LogP contribution is 2.21. The van der Waals surface area contributed by atoms with E-state index >= 15 is 0 Å². The van der Waals surface area contributed by atoms with E-state index in [9.17, 15) is 9.59 Å². The third-order valence-corrected chi connectivity index (χ3v) is 5.88. The zero-order valence-electron chi connectivity index (χ0n) is 21.9. The van der Waals surface area contributed by atoms with Gasteiger partial charge in [-0.1, -0.05) is 52.0 Å². The van der Waals surface area contributed by atoms with E-state index in [-0.39, 0.29) is 11.8 Å². The number of rotatable bonds is 10. The molecule has 3 aromatic rings. The van der Waals surface area contributed by atoms with Crippen LogP contribution in [0.15, 0.2) is 72.8 Å². The third-order valence-electron chi connectivity index (χ3n) is 5.88. The summed E-state index contributed by atoms with van der Waals surface area (Å²) in [6.07, 6.45) is -1.33. The van der Waals surface area contributed by atoms with Crippen molar-refractivity contribution in [2.75, 3.05) is 10.6 Å². The summed E-state index contributed by atoms with van der Waals surface area (Å²) in [4.78, 5) is 25.1. The molecule has 0 unspecified atom stereocenters. The highest BCUT2D eigenvalue weighted by Gasteiger charge is 2.17. The van der Waals surface area contributed by atoms with Crippen LogP contribution in [0.2, 0.25) is 0 Å². The van der Waals surface area contributed by atoms with E-state index in [0.29, 0.717) is 34.7 Å². The van der Waals surface area contributed by atoms with E-state index in [2.05, 4.69) is 38.3 Å². The first-order chi connectivity index (χ1) is 17.1. The summed E-state index contributed by atoms with van der Waals surface area (Å²) in [6, 6.07) is 22.5. The number of anilines is 2. The first-order valence-electron chi connectivity index (χ1n) is 12.4. The molecule has 0 bridgehead atoms. The van der Waals surface area contributed by atoms with E-state index in [1.54, 1.807) is 38.1 Å². The Morgan fingerprint density at radius 2 is 0.833 bits per heavy atom. The molecule has 2 amide bonds. The molecule has 36 heavy (non-hydrogen) atoms. The van der Waals surface area contributed by atoms with E-state index in [1.807, 2.05) is 48.5 Å². The van der Waals surface area contributed by atoms with Gasteiger partial charge in [-0.05, 0) is 85.3 Å². The van der Waals surface area contributed by atoms with Crippen molar-refractivity contribution in [1.29, 1.82) is 0 Å². The Balaban J connectivity index is 1.49. The van der Waals surface area contributed by atoms with E-state index in [1.165, 1.54) is 11.1 Å². The molecule has 6 heteroatoms. The zero-order valence-corrected chi connectivity index (χ0v) is 21.9. The summed E-state index contributed by atoms with van der Waals surface area (Å²) in [5.41, 5.74) is 3.65. The van der Waals surface area contributed by atoms with Crippen LogP contribution in [0, 0.1) is 0 Å². The number of benzene rings is 3. The molecule has 0 fully saturated rings. The summed E-state index contributed by atoms with van der Waals surface area (Å²) in [6.45, 7) is 11.9. The van der Waals surface area contributed by atoms with Crippen LogP contribution in [0.5, 0.6) is 11.5 Å². The molecule has 3 rings (SSSR count). The number of carbonyl (C=O) groups excluding carboxylic acids is 2. The molecule has 0 heterocycles. The van der Waals surface area contributed by atoms with Gasteiger partial charge in [0.05, 0.1) is 0 Å². The zero-order chi connectivity index (χ0) is 26.2. The highest BCUT2D eigenvalue weighted by molar-refractivity contribution is 5.96. The Morgan fingerprint density at radius 1 is 0.528 bits per heavy atom. The van der Waals surface area contributed by atoms with Crippen LogP contribution in [0.4, 0.5) is 11.4 Å². The molecular formula is C30H36N2O4. The van der Waals surface area contributed by atoms with Gasteiger partial charge < -0.3 is 20.1 Å². The molecule has 6 nitrogen and oxygen atoms in total. The van der Waals surface area contributed by atoms with Crippen molar-refractivity contribution in [1.82, 2.24) is 0 Å². The average molecular weight is 489 g/mol. The molecule has 0 aliphatic rings. The van der Waals surface area contributed by atoms with E-state index in [4.69, 9.17) is 9.47 Å². The number of hydrogen-bond acceptors (Lipinski definition) is 4. The smallest absolute Gasteiger partial charge is 0.265 e. The summed E-state index contributed by atoms with van der Waals surface area (Å²) >= 11 is 0. The predicted molar refractivity (Wildman–Crippen MR) is 145 cm³/mol. The lowest BCUT2D eigenvalue weighted by atomic mass is 10.0. The van der Waals surface area contributed by atoms with Crippen molar-refractivity contribution in [3.8, 4) is 11.5 Å². The largest absolute Gasteiger partial charge is 0.481 e. The van der Waals surface area contributed by atoms with Gasteiger partial charge in [0.25, 0.3) is 11.8 Å². The molecule has 2 atom stereocenters. The molecule has 0 saturated carbocycles. The fourth-order valence-electron chi connectivity index (χ4n) is 3.50. The fourth-order valence-corrected chi connectivity index (χ4v) is 3.50. The van der Waals surface area contributed by atoms with Crippen LogP contribution in [-0.2, 0) is 9.59 Å². The van der Waals surface area contributed by atoms with Crippen molar-refractivity contribution < 1.29 is 19.1 Å². The molecule has 0 saturated heterocycles. The lowest BCUT2D eigenvalue weighted by Gasteiger charge is -2.17. The molecule has 0 radical (unpaired) electrons. The molecule has 190 valence electrons. The van der Waals surface area contributed by atoms with Gasteiger partial charge >= 0.3 is 0 Å². The molecule has 0 aliphatic carbocycles. The Bertz CT molecular complexity index is 1040. The number of amides is 2. The minimum Gasteiger partial charge on any atom is -0.481 e. The topological polar surface area (TPSA) is 76.7 Å². The van der Waals surface area contributed by atoms with Gasteiger partial charge in [-0.15, -0.1) is 0 Å². The van der Waals surface area contributed by atoms with Gasteiger partial charge in [0.2, 0.25) is 0 Å². The maximum atomic E-state index is 12.6. The molecule has 0 aromatic heterocycles. The second-order valence-electron chi connectivity index (χ2n) is 9.52. The molecule has 3 aromatic carbocycles. The lowest BCUT2D eigenvalue weighted by Crippen LogP contribution is -2.30. The Hall–Kier alpha value is -3.80. The van der Waals surface area contributed by atoms with Crippen LogP contribution in [0.25, 0.3) is 0 Å². The van der Waals surface area contributed by atoms with Crippen molar-refractivity contribution >= 4 is 23.2 Å². The first-order valence-corrected chi connectivity index (χ1v) is 12.4.